The van der Waals surface area contributed by atoms with Crippen LogP contribution in [0, 0.1) is 6.92 Å². The quantitative estimate of drug-likeness (QED) is 0.887. The van der Waals surface area contributed by atoms with Gasteiger partial charge in [-0.3, -0.25) is 10.1 Å². The Kier molecular flexibility index (Phi) is 2.87. The molecule has 2 aromatic rings. The SMILES string of the molecule is Cc1ccc(C(C)NC2C(=O)Nc3ccccc32)o1. The Labute approximate surface area is 111 Å². The number of para-hydroxylation sites is 1. The van der Waals surface area contributed by atoms with Gasteiger partial charge in [-0.15, -0.1) is 0 Å². The second-order valence-corrected chi connectivity index (χ2v) is 4.85. The lowest BCUT2D eigenvalue weighted by molar-refractivity contribution is -0.117. The number of aryl methyl sites for hydroxylation is 1. The summed E-state index contributed by atoms with van der Waals surface area (Å²) in [6, 6.07) is 11.3. The van der Waals surface area contributed by atoms with E-state index in [0.717, 1.165) is 22.8 Å². The first-order valence-electron chi connectivity index (χ1n) is 6.37. The Bertz CT molecular complexity index is 618. The number of furan rings is 1. The smallest absolute Gasteiger partial charge is 0.246 e. The fraction of sp³-hybridized carbons (Fsp3) is 0.267. The zero-order valence-corrected chi connectivity index (χ0v) is 10.9. The molecule has 2 unspecified atom stereocenters. The van der Waals surface area contributed by atoms with E-state index >= 15 is 0 Å². The highest BCUT2D eigenvalue weighted by atomic mass is 16.3. The Morgan fingerprint density at radius 2 is 2.05 bits per heavy atom. The first-order chi connectivity index (χ1) is 9.15. The maximum Gasteiger partial charge on any atom is 0.246 e. The van der Waals surface area contributed by atoms with E-state index in [1.54, 1.807) is 0 Å². The molecule has 1 aromatic heterocycles. The number of hydrogen-bond donors (Lipinski definition) is 2. The standard InChI is InChI=1S/C15H16N2O2/c1-9-7-8-13(19-9)10(2)16-14-11-5-3-4-6-12(11)17-15(14)18/h3-8,10,14,16H,1-2H3,(H,17,18). The van der Waals surface area contributed by atoms with Gasteiger partial charge in [-0.1, -0.05) is 18.2 Å². The van der Waals surface area contributed by atoms with Crippen molar-refractivity contribution in [3.05, 3.63) is 53.5 Å². The van der Waals surface area contributed by atoms with Gasteiger partial charge in [-0.2, -0.15) is 0 Å². The lowest BCUT2D eigenvalue weighted by atomic mass is 10.1. The minimum absolute atomic E-state index is 0.0173. The summed E-state index contributed by atoms with van der Waals surface area (Å²) >= 11 is 0. The van der Waals surface area contributed by atoms with Crippen LogP contribution in [0.3, 0.4) is 0 Å². The molecule has 0 saturated carbocycles. The van der Waals surface area contributed by atoms with Crippen molar-refractivity contribution in [3.8, 4) is 0 Å². The van der Waals surface area contributed by atoms with E-state index in [1.807, 2.05) is 50.2 Å². The molecule has 0 spiro atoms. The van der Waals surface area contributed by atoms with Gasteiger partial charge in [-0.25, -0.2) is 0 Å². The van der Waals surface area contributed by atoms with Crippen molar-refractivity contribution in [2.24, 2.45) is 0 Å². The number of carbonyl (C=O) groups excluding carboxylic acids is 1. The van der Waals surface area contributed by atoms with Crippen LogP contribution in [-0.2, 0) is 4.79 Å². The van der Waals surface area contributed by atoms with Gasteiger partial charge >= 0.3 is 0 Å². The number of nitrogens with one attached hydrogen (secondary N) is 2. The summed E-state index contributed by atoms with van der Waals surface area (Å²) in [5, 5.41) is 6.19. The Balaban J connectivity index is 1.82. The molecule has 19 heavy (non-hydrogen) atoms. The molecule has 0 aliphatic carbocycles. The molecule has 1 aliphatic rings. The summed E-state index contributed by atoms with van der Waals surface area (Å²) in [5.74, 6) is 1.70. The first-order valence-corrected chi connectivity index (χ1v) is 6.37. The first kappa shape index (κ1) is 12.0. The fourth-order valence-corrected chi connectivity index (χ4v) is 2.39. The van der Waals surface area contributed by atoms with Gasteiger partial charge in [0, 0.05) is 11.3 Å². The van der Waals surface area contributed by atoms with Crippen molar-refractivity contribution in [2.45, 2.75) is 25.9 Å². The number of anilines is 1. The number of amides is 1. The average Bonchev–Trinajstić information content (AvgIpc) is 2.95. The van der Waals surface area contributed by atoms with Crippen molar-refractivity contribution >= 4 is 11.6 Å². The normalized spacial score (nSPS) is 19.1. The third kappa shape index (κ3) is 2.15. The molecule has 0 saturated heterocycles. The Morgan fingerprint density at radius 1 is 1.26 bits per heavy atom. The van der Waals surface area contributed by atoms with Crippen LogP contribution in [0.25, 0.3) is 0 Å². The molecule has 3 rings (SSSR count). The minimum Gasteiger partial charge on any atom is -0.465 e. The molecule has 2 atom stereocenters. The van der Waals surface area contributed by atoms with E-state index in [2.05, 4.69) is 10.6 Å². The third-order valence-electron chi connectivity index (χ3n) is 3.40. The number of fused-ring (bicyclic) bond motifs is 1. The van der Waals surface area contributed by atoms with E-state index in [-0.39, 0.29) is 18.0 Å². The summed E-state index contributed by atoms with van der Waals surface area (Å²) in [5.41, 5.74) is 1.87. The van der Waals surface area contributed by atoms with Crippen LogP contribution in [0.5, 0.6) is 0 Å². The molecule has 98 valence electrons. The zero-order valence-electron chi connectivity index (χ0n) is 10.9. The lowest BCUT2D eigenvalue weighted by Crippen LogP contribution is -2.29. The number of rotatable bonds is 3. The second-order valence-electron chi connectivity index (χ2n) is 4.85. The van der Waals surface area contributed by atoms with Crippen molar-refractivity contribution in [1.29, 1.82) is 0 Å². The average molecular weight is 256 g/mol. The summed E-state index contributed by atoms with van der Waals surface area (Å²) < 4.78 is 5.58. The summed E-state index contributed by atoms with van der Waals surface area (Å²) in [4.78, 5) is 12.0. The predicted octanol–water partition coefficient (Wildman–Crippen LogP) is 2.93. The van der Waals surface area contributed by atoms with Crippen molar-refractivity contribution < 1.29 is 9.21 Å². The third-order valence-corrected chi connectivity index (χ3v) is 3.40. The monoisotopic (exact) mass is 256 g/mol. The molecule has 4 nitrogen and oxygen atoms in total. The van der Waals surface area contributed by atoms with Crippen LogP contribution in [-0.4, -0.2) is 5.91 Å². The van der Waals surface area contributed by atoms with E-state index < -0.39 is 0 Å². The predicted molar refractivity (Wildman–Crippen MR) is 72.8 cm³/mol. The largest absolute Gasteiger partial charge is 0.465 e. The fourth-order valence-electron chi connectivity index (χ4n) is 2.39. The van der Waals surface area contributed by atoms with Gasteiger partial charge in [0.25, 0.3) is 0 Å². The molecule has 2 N–H and O–H groups in total. The van der Waals surface area contributed by atoms with Gasteiger partial charge in [0.1, 0.15) is 17.6 Å². The molecular weight excluding hydrogens is 240 g/mol. The lowest BCUT2D eigenvalue weighted by Gasteiger charge is -2.16. The molecule has 0 radical (unpaired) electrons. The maximum atomic E-state index is 12.0. The number of carbonyl (C=O) groups is 1. The van der Waals surface area contributed by atoms with Crippen LogP contribution < -0.4 is 10.6 Å². The van der Waals surface area contributed by atoms with Crippen LogP contribution in [0.2, 0.25) is 0 Å². The molecular formula is C15H16N2O2. The van der Waals surface area contributed by atoms with E-state index in [0.29, 0.717) is 0 Å². The molecule has 1 aliphatic heterocycles. The highest BCUT2D eigenvalue weighted by Gasteiger charge is 2.31. The number of benzene rings is 1. The van der Waals surface area contributed by atoms with Crippen molar-refractivity contribution in [2.75, 3.05) is 5.32 Å². The molecule has 2 heterocycles. The van der Waals surface area contributed by atoms with E-state index in [1.165, 1.54) is 0 Å². The molecule has 0 fully saturated rings. The van der Waals surface area contributed by atoms with Crippen LogP contribution in [0.1, 0.15) is 36.1 Å². The van der Waals surface area contributed by atoms with Crippen molar-refractivity contribution in [3.63, 3.8) is 0 Å². The van der Waals surface area contributed by atoms with Crippen LogP contribution >= 0.6 is 0 Å². The topological polar surface area (TPSA) is 54.3 Å². The summed E-state index contributed by atoms with van der Waals surface area (Å²) in [7, 11) is 0. The second kappa shape index (κ2) is 4.55. The van der Waals surface area contributed by atoms with E-state index in [4.69, 9.17) is 4.42 Å². The van der Waals surface area contributed by atoms with Crippen LogP contribution in [0.15, 0.2) is 40.8 Å². The molecule has 1 aromatic carbocycles. The summed E-state index contributed by atoms with van der Waals surface area (Å²) in [6.45, 7) is 3.90. The van der Waals surface area contributed by atoms with Crippen LogP contribution in [0.4, 0.5) is 5.69 Å². The maximum absolute atomic E-state index is 12.0. The van der Waals surface area contributed by atoms with Crippen molar-refractivity contribution in [1.82, 2.24) is 5.32 Å². The van der Waals surface area contributed by atoms with E-state index in [9.17, 15) is 4.79 Å². The molecule has 0 bridgehead atoms. The minimum atomic E-state index is -0.323. The van der Waals surface area contributed by atoms with Gasteiger partial charge < -0.3 is 9.73 Å². The van der Waals surface area contributed by atoms with Gasteiger partial charge in [0.15, 0.2) is 0 Å². The van der Waals surface area contributed by atoms with Gasteiger partial charge in [-0.05, 0) is 32.0 Å². The summed E-state index contributed by atoms with van der Waals surface area (Å²) in [6.07, 6.45) is 0. The molecule has 4 heteroatoms. The molecule has 1 amide bonds. The Morgan fingerprint density at radius 3 is 2.79 bits per heavy atom. The zero-order chi connectivity index (χ0) is 13.4. The van der Waals surface area contributed by atoms with Gasteiger partial charge in [0.2, 0.25) is 5.91 Å². The van der Waals surface area contributed by atoms with Gasteiger partial charge in [0.05, 0.1) is 6.04 Å². The highest BCUT2D eigenvalue weighted by molar-refractivity contribution is 6.02. The Hall–Kier alpha value is -2.07. The highest BCUT2D eigenvalue weighted by Crippen LogP contribution is 2.32. The number of hydrogen-bond acceptors (Lipinski definition) is 3.